The summed E-state index contributed by atoms with van der Waals surface area (Å²) in [5.74, 6) is -52.0. The Labute approximate surface area is 158 Å². The first-order valence-corrected chi connectivity index (χ1v) is 7.60. The van der Waals surface area contributed by atoms with Crippen molar-refractivity contribution in [2.45, 2.75) is 58.1 Å². The summed E-state index contributed by atoms with van der Waals surface area (Å²) < 4.78 is 217. The fraction of sp³-hybridized carbons (Fsp3) is 0.917. The van der Waals surface area contributed by atoms with Crippen molar-refractivity contribution < 1.29 is 75.4 Å². The first-order valence-electron chi connectivity index (χ1n) is 7.07. The second kappa shape index (κ2) is 4.87. The molecule has 4 aliphatic carbocycles. The Morgan fingerprint density at radius 1 is 0.533 bits per heavy atom. The fourth-order valence-corrected chi connectivity index (χ4v) is 4.25. The quantitative estimate of drug-likeness (QED) is 0.319. The first-order chi connectivity index (χ1) is 13.0. The summed E-state index contributed by atoms with van der Waals surface area (Å²) >= 11 is 4.61. The molecule has 0 aromatic heterocycles. The molecule has 0 aromatic carbocycles. The molecule has 18 heteroatoms. The van der Waals surface area contributed by atoms with Crippen molar-refractivity contribution in [3.05, 3.63) is 0 Å². The Bertz CT molecular complexity index is 724. The van der Waals surface area contributed by atoms with Crippen LogP contribution in [-0.4, -0.2) is 70.0 Å². The highest BCUT2D eigenvalue weighted by Gasteiger charge is 3.24. The smallest absolute Gasteiger partial charge is 0.345 e. The summed E-state index contributed by atoms with van der Waals surface area (Å²) in [6.07, 6.45) is 0. The number of hydrogen-bond donors (Lipinski definition) is 0. The molecule has 4 rings (SSSR count). The number of alkyl halides is 16. The Balaban J connectivity index is 2.69. The van der Waals surface area contributed by atoms with Crippen LogP contribution in [0.25, 0.3) is 0 Å². The lowest BCUT2D eigenvalue weighted by atomic mass is 9.40. The van der Waals surface area contributed by atoms with Gasteiger partial charge >= 0.3 is 64.1 Å². The maximum Gasteiger partial charge on any atom is 0.345 e. The summed E-state index contributed by atoms with van der Waals surface area (Å²) in [6, 6.07) is 0. The van der Waals surface area contributed by atoms with Gasteiger partial charge in [-0.25, -0.2) is 13.2 Å². The number of carbonyl (C=O) groups is 1. The molecule has 0 aliphatic heterocycles. The largest absolute Gasteiger partial charge is 0.438 e. The predicted molar refractivity (Wildman–Crippen MR) is 60.7 cm³/mol. The van der Waals surface area contributed by atoms with E-state index in [-0.39, 0.29) is 0 Å². The third kappa shape index (κ3) is 1.37. The van der Waals surface area contributed by atoms with Gasteiger partial charge in [0, 0.05) is 0 Å². The molecule has 0 amide bonds. The van der Waals surface area contributed by atoms with Crippen LogP contribution >= 0.6 is 11.6 Å². The van der Waals surface area contributed by atoms with Crippen molar-refractivity contribution >= 4 is 17.6 Å². The summed E-state index contributed by atoms with van der Waals surface area (Å²) in [5, 5.41) is 0. The highest BCUT2D eigenvalue weighted by atomic mass is 35.5. The summed E-state index contributed by atoms with van der Waals surface area (Å²) in [6.45, 7) is 0. The zero-order chi connectivity index (χ0) is 24.0. The zero-order valence-corrected chi connectivity index (χ0v) is 13.8. The third-order valence-electron chi connectivity index (χ3n) is 5.60. The molecule has 0 unspecified atom stereocenters. The van der Waals surface area contributed by atoms with Gasteiger partial charge in [-0.15, -0.1) is 11.6 Å². The van der Waals surface area contributed by atoms with Crippen LogP contribution in [0.3, 0.4) is 0 Å². The van der Waals surface area contributed by atoms with Gasteiger partial charge in [0.05, 0.1) is 0 Å². The number of ether oxygens (including phenoxy) is 1. The minimum absolute atomic E-state index is 2.04. The molecule has 2 nitrogen and oxygen atoms in total. The van der Waals surface area contributed by atoms with Crippen LogP contribution in [-0.2, 0) is 9.53 Å². The standard InChI is InChI=1S/C12H2ClF15O2/c13-1-2(29)30-6-10(23,24)3(14)7(17,18)4(15,11(6,25)26)9(21,22)5(16,8(3,19)20)12(6,27)28/h1H2. The second-order valence-electron chi connectivity index (χ2n) is 6.71. The van der Waals surface area contributed by atoms with Crippen molar-refractivity contribution in [2.24, 2.45) is 0 Å². The zero-order valence-electron chi connectivity index (χ0n) is 13.1. The number of esters is 1. The van der Waals surface area contributed by atoms with Gasteiger partial charge in [-0.3, -0.25) is 4.79 Å². The van der Waals surface area contributed by atoms with Gasteiger partial charge < -0.3 is 4.74 Å². The van der Waals surface area contributed by atoms with E-state index in [1.54, 1.807) is 0 Å². The molecule has 4 fully saturated rings. The molecule has 30 heavy (non-hydrogen) atoms. The van der Waals surface area contributed by atoms with Crippen molar-refractivity contribution in [3.63, 3.8) is 0 Å². The van der Waals surface area contributed by atoms with E-state index in [1.165, 1.54) is 0 Å². The van der Waals surface area contributed by atoms with E-state index in [9.17, 15) is 70.7 Å². The minimum Gasteiger partial charge on any atom is -0.438 e. The van der Waals surface area contributed by atoms with Crippen LogP contribution in [0, 0.1) is 0 Å². The van der Waals surface area contributed by atoms with E-state index < -0.39 is 70.0 Å². The Morgan fingerprint density at radius 2 is 0.767 bits per heavy atom. The van der Waals surface area contributed by atoms with Crippen molar-refractivity contribution in [3.8, 4) is 0 Å². The van der Waals surface area contributed by atoms with Gasteiger partial charge in [0.1, 0.15) is 5.88 Å². The van der Waals surface area contributed by atoms with E-state index in [0.717, 1.165) is 0 Å². The van der Waals surface area contributed by atoms with Crippen LogP contribution < -0.4 is 0 Å². The molecule has 174 valence electrons. The van der Waals surface area contributed by atoms with Gasteiger partial charge in [-0.1, -0.05) is 0 Å². The molecular formula is C12H2ClF15O2. The van der Waals surface area contributed by atoms with E-state index in [2.05, 4.69) is 16.3 Å². The normalized spacial score (nSPS) is 47.7. The second-order valence-corrected chi connectivity index (χ2v) is 6.98. The van der Waals surface area contributed by atoms with E-state index >= 15 is 0 Å². The average molecular weight is 499 g/mol. The number of carbonyl (C=O) groups excluding carboxylic acids is 1. The highest BCUT2D eigenvalue weighted by Crippen LogP contribution is 2.88. The van der Waals surface area contributed by atoms with Crippen LogP contribution in [0.1, 0.15) is 0 Å². The summed E-state index contributed by atoms with van der Waals surface area (Å²) in [5.41, 5.74) is -30.6. The topological polar surface area (TPSA) is 26.3 Å². The monoisotopic (exact) mass is 498 g/mol. The number of halogens is 16. The molecule has 0 N–H and O–H groups in total. The Hall–Kier alpha value is -1.29. The van der Waals surface area contributed by atoms with Crippen LogP contribution in [0.15, 0.2) is 0 Å². The van der Waals surface area contributed by atoms with Gasteiger partial charge in [-0.05, 0) is 0 Å². The van der Waals surface area contributed by atoms with Crippen molar-refractivity contribution in [2.75, 3.05) is 5.88 Å². The maximum atomic E-state index is 14.6. The highest BCUT2D eigenvalue weighted by molar-refractivity contribution is 6.26. The van der Waals surface area contributed by atoms with Crippen molar-refractivity contribution in [1.29, 1.82) is 0 Å². The van der Waals surface area contributed by atoms with Crippen LogP contribution in [0.2, 0.25) is 0 Å². The summed E-state index contributed by atoms with van der Waals surface area (Å²) in [7, 11) is 0. The molecule has 0 spiro atoms. The van der Waals surface area contributed by atoms with E-state index in [1.807, 2.05) is 0 Å². The summed E-state index contributed by atoms with van der Waals surface area (Å²) in [4.78, 5) is 11.1. The Morgan fingerprint density at radius 3 is 0.967 bits per heavy atom. The minimum atomic E-state index is -7.91. The van der Waals surface area contributed by atoms with E-state index in [0.29, 0.717) is 0 Å². The lowest BCUT2D eigenvalue weighted by Crippen LogP contribution is -3.10. The molecule has 0 radical (unpaired) electrons. The Kier molecular flexibility index (Phi) is 3.79. The molecule has 0 aromatic rings. The number of rotatable bonds is 2. The fourth-order valence-electron chi connectivity index (χ4n) is 4.20. The lowest BCUT2D eigenvalue weighted by Gasteiger charge is -2.74. The van der Waals surface area contributed by atoms with Gasteiger partial charge in [0.15, 0.2) is 0 Å². The van der Waals surface area contributed by atoms with Crippen LogP contribution in [0.5, 0.6) is 0 Å². The molecule has 4 aliphatic rings. The molecular weight excluding hydrogens is 497 g/mol. The molecule has 0 atom stereocenters. The average Bonchev–Trinajstić information content (AvgIpc) is 2.58. The van der Waals surface area contributed by atoms with Gasteiger partial charge in [0.2, 0.25) is 0 Å². The maximum absolute atomic E-state index is 14.6. The molecule has 0 saturated heterocycles. The number of hydrogen-bond acceptors (Lipinski definition) is 2. The van der Waals surface area contributed by atoms with Gasteiger partial charge in [-0.2, -0.15) is 52.7 Å². The molecule has 4 saturated carbocycles. The molecule has 0 heterocycles. The molecule has 4 bridgehead atoms. The van der Waals surface area contributed by atoms with E-state index in [4.69, 9.17) is 0 Å². The van der Waals surface area contributed by atoms with Crippen molar-refractivity contribution in [1.82, 2.24) is 0 Å². The third-order valence-corrected chi connectivity index (χ3v) is 5.81. The lowest BCUT2D eigenvalue weighted by molar-refractivity contribution is -0.614. The van der Waals surface area contributed by atoms with Gasteiger partial charge in [0.25, 0.3) is 0 Å². The first kappa shape index (κ1) is 23.4. The van der Waals surface area contributed by atoms with Crippen LogP contribution in [0.4, 0.5) is 65.9 Å². The SMILES string of the molecule is O=C(CCl)OC12C(F)(F)C3(F)C(F)(F)C(F)(C(F)(F)C(F)(C3(F)F)C1(F)F)C2(F)F. The predicted octanol–water partition coefficient (Wildman–Crippen LogP) is 4.48.